The van der Waals surface area contributed by atoms with Gasteiger partial charge in [0.05, 0.1) is 24.7 Å². The summed E-state index contributed by atoms with van der Waals surface area (Å²) in [5, 5.41) is 13.1. The predicted octanol–water partition coefficient (Wildman–Crippen LogP) is 1.50. The highest BCUT2D eigenvalue weighted by Crippen LogP contribution is 2.35. The van der Waals surface area contributed by atoms with Gasteiger partial charge in [0, 0.05) is 45.0 Å². The van der Waals surface area contributed by atoms with Crippen molar-refractivity contribution in [1.82, 2.24) is 24.5 Å². The fraction of sp³-hybridized carbons (Fsp3) is 0.737. The van der Waals surface area contributed by atoms with Crippen LogP contribution in [-0.4, -0.2) is 77.2 Å². The molecule has 0 aromatic carbocycles. The van der Waals surface area contributed by atoms with Crippen molar-refractivity contribution >= 4 is 5.91 Å². The van der Waals surface area contributed by atoms with Crippen LogP contribution in [-0.2, 0) is 11.8 Å². The van der Waals surface area contributed by atoms with E-state index in [1.54, 1.807) is 11.9 Å². The highest BCUT2D eigenvalue weighted by molar-refractivity contribution is 5.81. The number of carbonyl (C=O) groups is 1. The molecule has 26 heavy (non-hydrogen) atoms. The number of nitrogens with zero attached hydrogens (tertiary/aromatic N) is 6. The minimum Gasteiger partial charge on any atom is -0.343 e. The van der Waals surface area contributed by atoms with Crippen LogP contribution in [0, 0.1) is 17.2 Å². The lowest BCUT2D eigenvalue weighted by Gasteiger charge is -2.41. The Morgan fingerprint density at radius 2 is 2.19 bits per heavy atom. The SMILES string of the molecule is CC(C(=O)N(C)CCC#N)N(C)C[C@@H]1CCCN(C)[C@H]1c1cnn(C)c1. The smallest absolute Gasteiger partial charge is 0.239 e. The molecule has 1 unspecified atom stereocenters. The predicted molar refractivity (Wildman–Crippen MR) is 101 cm³/mol. The second-order valence-electron chi connectivity index (χ2n) is 7.56. The van der Waals surface area contributed by atoms with E-state index in [9.17, 15) is 4.79 Å². The molecule has 3 atom stereocenters. The molecule has 2 heterocycles. The van der Waals surface area contributed by atoms with Gasteiger partial charge in [-0.15, -0.1) is 0 Å². The van der Waals surface area contributed by atoms with Crippen LogP contribution < -0.4 is 0 Å². The molecule has 0 saturated carbocycles. The summed E-state index contributed by atoms with van der Waals surface area (Å²) in [6.07, 6.45) is 6.76. The molecule has 7 nitrogen and oxygen atoms in total. The molecule has 0 bridgehead atoms. The first-order valence-corrected chi connectivity index (χ1v) is 9.36. The molecule has 144 valence electrons. The van der Waals surface area contributed by atoms with Crippen LogP contribution in [0.2, 0.25) is 0 Å². The molecule has 1 aromatic heterocycles. The maximum absolute atomic E-state index is 12.6. The number of aromatic nitrogens is 2. The summed E-state index contributed by atoms with van der Waals surface area (Å²) >= 11 is 0. The van der Waals surface area contributed by atoms with Crippen molar-refractivity contribution in [3.8, 4) is 6.07 Å². The Morgan fingerprint density at radius 1 is 1.46 bits per heavy atom. The van der Waals surface area contributed by atoms with Crippen LogP contribution in [0.15, 0.2) is 12.4 Å². The molecule has 2 rings (SSSR count). The maximum Gasteiger partial charge on any atom is 0.239 e. The molecule has 0 radical (unpaired) electrons. The third-order valence-corrected chi connectivity index (χ3v) is 5.55. The van der Waals surface area contributed by atoms with Crippen LogP contribution in [0.3, 0.4) is 0 Å². The van der Waals surface area contributed by atoms with E-state index in [1.807, 2.05) is 31.9 Å². The fourth-order valence-corrected chi connectivity index (χ4v) is 3.93. The van der Waals surface area contributed by atoms with Crippen LogP contribution >= 0.6 is 0 Å². The lowest BCUT2D eigenvalue weighted by molar-refractivity contribution is -0.134. The van der Waals surface area contributed by atoms with Crippen LogP contribution in [0.5, 0.6) is 0 Å². The lowest BCUT2D eigenvalue weighted by Crippen LogP contribution is -2.48. The number of aryl methyl sites for hydroxylation is 1. The molecule has 1 amide bonds. The van der Waals surface area contributed by atoms with E-state index in [4.69, 9.17) is 5.26 Å². The van der Waals surface area contributed by atoms with Crippen LogP contribution in [0.25, 0.3) is 0 Å². The van der Waals surface area contributed by atoms with Gasteiger partial charge in [-0.1, -0.05) is 0 Å². The third kappa shape index (κ3) is 4.83. The average Bonchev–Trinajstić information content (AvgIpc) is 3.04. The Labute approximate surface area is 157 Å². The molecule has 1 fully saturated rings. The van der Waals surface area contributed by atoms with Gasteiger partial charge in [-0.25, -0.2) is 0 Å². The zero-order valence-electron chi connectivity index (χ0n) is 16.7. The van der Waals surface area contributed by atoms with Crippen molar-refractivity contribution in [2.24, 2.45) is 13.0 Å². The van der Waals surface area contributed by atoms with Gasteiger partial charge in [-0.2, -0.15) is 10.4 Å². The maximum atomic E-state index is 12.6. The van der Waals surface area contributed by atoms with E-state index in [2.05, 4.69) is 34.2 Å². The number of likely N-dealkylation sites (tertiary alicyclic amines) is 1. The number of amides is 1. The van der Waals surface area contributed by atoms with Gasteiger partial charge in [-0.05, 0) is 46.3 Å². The zero-order chi connectivity index (χ0) is 19.3. The highest BCUT2D eigenvalue weighted by Gasteiger charge is 2.33. The van der Waals surface area contributed by atoms with Crippen LogP contribution in [0.4, 0.5) is 0 Å². The Bertz CT molecular complexity index is 636. The number of likely N-dealkylation sites (N-methyl/N-ethyl adjacent to an activating group) is 2. The normalized spacial score (nSPS) is 22.2. The molecule has 0 aliphatic carbocycles. The van der Waals surface area contributed by atoms with Gasteiger partial charge in [0.25, 0.3) is 0 Å². The summed E-state index contributed by atoms with van der Waals surface area (Å²) in [6.45, 7) is 4.39. The summed E-state index contributed by atoms with van der Waals surface area (Å²) in [5.41, 5.74) is 1.25. The summed E-state index contributed by atoms with van der Waals surface area (Å²) < 4.78 is 1.86. The van der Waals surface area contributed by atoms with Crippen molar-refractivity contribution < 1.29 is 4.79 Å². The Morgan fingerprint density at radius 3 is 2.81 bits per heavy atom. The fourth-order valence-electron chi connectivity index (χ4n) is 3.93. The topological polar surface area (TPSA) is 68.4 Å². The number of nitriles is 1. The monoisotopic (exact) mass is 360 g/mol. The van der Waals surface area contributed by atoms with Gasteiger partial charge in [0.15, 0.2) is 0 Å². The first-order valence-electron chi connectivity index (χ1n) is 9.36. The van der Waals surface area contributed by atoms with Crippen LogP contribution in [0.1, 0.15) is 37.8 Å². The van der Waals surface area contributed by atoms with E-state index in [0.29, 0.717) is 24.9 Å². The van der Waals surface area contributed by atoms with Crippen molar-refractivity contribution in [3.63, 3.8) is 0 Å². The second-order valence-corrected chi connectivity index (χ2v) is 7.56. The van der Waals surface area contributed by atoms with E-state index in [-0.39, 0.29) is 11.9 Å². The summed E-state index contributed by atoms with van der Waals surface area (Å²) in [7, 11) is 7.92. The van der Waals surface area contributed by atoms with Crippen molar-refractivity contribution in [1.29, 1.82) is 5.26 Å². The Hall–Kier alpha value is -1.91. The minimum absolute atomic E-state index is 0.0739. The second kappa shape index (κ2) is 9.15. The number of piperidine rings is 1. The number of hydrogen-bond donors (Lipinski definition) is 0. The summed E-state index contributed by atoms with van der Waals surface area (Å²) in [6, 6.07) is 2.24. The van der Waals surface area contributed by atoms with E-state index in [0.717, 1.165) is 19.5 Å². The molecule has 1 aromatic rings. The lowest BCUT2D eigenvalue weighted by atomic mass is 9.85. The first kappa shape index (κ1) is 20.4. The Balaban J connectivity index is 2.04. The minimum atomic E-state index is -0.194. The number of hydrogen-bond acceptors (Lipinski definition) is 5. The van der Waals surface area contributed by atoms with E-state index >= 15 is 0 Å². The number of rotatable bonds is 7. The molecule has 0 N–H and O–H groups in total. The highest BCUT2D eigenvalue weighted by atomic mass is 16.2. The molecular weight excluding hydrogens is 328 g/mol. The molecule has 1 aliphatic rings. The van der Waals surface area contributed by atoms with E-state index in [1.165, 1.54) is 12.0 Å². The van der Waals surface area contributed by atoms with Gasteiger partial charge < -0.3 is 4.90 Å². The molecule has 1 saturated heterocycles. The van der Waals surface area contributed by atoms with Gasteiger partial charge >= 0.3 is 0 Å². The average molecular weight is 361 g/mol. The molecule has 1 aliphatic heterocycles. The number of carbonyl (C=O) groups excluding carboxylic acids is 1. The van der Waals surface area contributed by atoms with Crippen molar-refractivity contribution in [2.45, 2.75) is 38.3 Å². The first-order chi connectivity index (χ1) is 12.3. The molecule has 0 spiro atoms. The largest absolute Gasteiger partial charge is 0.343 e. The summed E-state index contributed by atoms with van der Waals surface area (Å²) in [4.78, 5) is 18.8. The van der Waals surface area contributed by atoms with Gasteiger partial charge in [0.1, 0.15) is 0 Å². The van der Waals surface area contributed by atoms with Crippen molar-refractivity contribution in [3.05, 3.63) is 18.0 Å². The zero-order valence-corrected chi connectivity index (χ0v) is 16.7. The van der Waals surface area contributed by atoms with E-state index < -0.39 is 0 Å². The quantitative estimate of drug-likeness (QED) is 0.737. The molecular formula is C19H32N6O. The van der Waals surface area contributed by atoms with Gasteiger partial charge in [-0.3, -0.25) is 19.3 Å². The standard InChI is InChI=1S/C19H32N6O/c1-15(19(26)23(3)11-7-9-20)24(4)13-16-8-6-10-22(2)18(16)17-12-21-25(5)14-17/h12,14-16,18H,6-8,10-11,13H2,1-5H3/t15?,16-,18+/m0/s1. The Kier molecular flexibility index (Phi) is 7.18. The van der Waals surface area contributed by atoms with Gasteiger partial charge in [0.2, 0.25) is 5.91 Å². The summed E-state index contributed by atoms with van der Waals surface area (Å²) in [5.74, 6) is 0.535. The third-order valence-electron chi connectivity index (χ3n) is 5.55. The molecule has 7 heteroatoms. The van der Waals surface area contributed by atoms with Crippen molar-refractivity contribution in [2.75, 3.05) is 40.8 Å².